The van der Waals surface area contributed by atoms with Crippen LogP contribution in [0.4, 0.5) is 0 Å². The van der Waals surface area contributed by atoms with Gasteiger partial charge in [-0.3, -0.25) is 0 Å². The van der Waals surface area contributed by atoms with Crippen LogP contribution in [0, 0.1) is 0 Å². The summed E-state index contributed by atoms with van der Waals surface area (Å²) in [6.45, 7) is 2.29. The Balaban J connectivity index is 0. The van der Waals surface area contributed by atoms with E-state index in [1.165, 1.54) is 0 Å². The van der Waals surface area contributed by atoms with Crippen molar-refractivity contribution < 1.29 is 29.6 Å². The van der Waals surface area contributed by atoms with E-state index in [2.05, 4.69) is 0 Å². The number of nitrogens with one attached hydrogen (secondary N) is 1. The SMILES string of the molecule is CC[NH-].[Na+]. The number of hydrogen-bond acceptors (Lipinski definition) is 0. The summed E-state index contributed by atoms with van der Waals surface area (Å²) in [4.78, 5) is 0. The molecular formula is C2H6NNa. The Hall–Kier alpha value is 0.960. The fourth-order valence-electron chi connectivity index (χ4n) is 0. The average molecular weight is 67.1 g/mol. The smallest absolute Gasteiger partial charge is 0.678 e. The van der Waals surface area contributed by atoms with Crippen molar-refractivity contribution in [3.63, 3.8) is 0 Å². The molecular weight excluding hydrogens is 61.0 g/mol. The first-order chi connectivity index (χ1) is 1.41. The fraction of sp³-hybridized carbons (Fsp3) is 1.00. The van der Waals surface area contributed by atoms with Crippen molar-refractivity contribution in [1.29, 1.82) is 0 Å². The van der Waals surface area contributed by atoms with E-state index in [9.17, 15) is 0 Å². The van der Waals surface area contributed by atoms with Gasteiger partial charge in [-0.1, -0.05) is 6.92 Å². The summed E-state index contributed by atoms with van der Waals surface area (Å²) in [6, 6.07) is 0. The van der Waals surface area contributed by atoms with Crippen molar-refractivity contribution in [2.45, 2.75) is 6.92 Å². The van der Waals surface area contributed by atoms with Gasteiger partial charge in [-0.2, -0.15) is 6.54 Å². The van der Waals surface area contributed by atoms with Crippen molar-refractivity contribution in [2.24, 2.45) is 0 Å². The molecule has 0 aromatic rings. The van der Waals surface area contributed by atoms with E-state index in [1.54, 1.807) is 6.92 Å². The van der Waals surface area contributed by atoms with E-state index in [0.29, 0.717) is 6.54 Å². The Bertz CT molecular complexity index is 6.00. The number of hydrogen-bond donors (Lipinski definition) is 0. The molecule has 0 unspecified atom stereocenters. The summed E-state index contributed by atoms with van der Waals surface area (Å²) >= 11 is 0. The molecule has 0 aliphatic heterocycles. The maximum Gasteiger partial charge on any atom is 1.00 e. The van der Waals surface area contributed by atoms with Crippen LogP contribution in [0.1, 0.15) is 6.92 Å². The standard InChI is InChI=1S/C2H6N.Na/c1-2-3;/h3H,2H2,1H3;/q-1;+1. The van der Waals surface area contributed by atoms with Gasteiger partial charge >= 0.3 is 29.6 Å². The van der Waals surface area contributed by atoms with Gasteiger partial charge in [0.2, 0.25) is 0 Å². The van der Waals surface area contributed by atoms with Crippen LogP contribution in [0.2, 0.25) is 0 Å². The minimum atomic E-state index is 0. The minimum absolute atomic E-state index is 0. The van der Waals surface area contributed by atoms with Crippen LogP contribution in [0.5, 0.6) is 0 Å². The van der Waals surface area contributed by atoms with Crippen LogP contribution in [0.15, 0.2) is 0 Å². The zero-order valence-corrected chi connectivity index (χ0v) is 5.21. The van der Waals surface area contributed by atoms with E-state index >= 15 is 0 Å². The molecule has 1 nitrogen and oxygen atoms in total. The van der Waals surface area contributed by atoms with Crippen molar-refractivity contribution >= 4 is 0 Å². The van der Waals surface area contributed by atoms with E-state index in [-0.39, 0.29) is 29.6 Å². The second-order valence-corrected chi connectivity index (χ2v) is 0.354. The van der Waals surface area contributed by atoms with Crippen molar-refractivity contribution in [3.05, 3.63) is 5.73 Å². The largest absolute Gasteiger partial charge is 1.00 e. The Morgan fingerprint density at radius 1 is 1.75 bits per heavy atom. The Labute approximate surface area is 48.9 Å². The van der Waals surface area contributed by atoms with Gasteiger partial charge in [0.05, 0.1) is 0 Å². The first-order valence-corrected chi connectivity index (χ1v) is 1.06. The molecule has 2 heteroatoms. The third-order valence-electron chi connectivity index (χ3n) is 0. The van der Waals surface area contributed by atoms with Crippen LogP contribution >= 0.6 is 0 Å². The van der Waals surface area contributed by atoms with Crippen molar-refractivity contribution in [3.8, 4) is 0 Å². The molecule has 0 radical (unpaired) electrons. The molecule has 0 spiro atoms. The van der Waals surface area contributed by atoms with Crippen molar-refractivity contribution in [2.75, 3.05) is 6.54 Å². The molecule has 0 saturated carbocycles. The summed E-state index contributed by atoms with van der Waals surface area (Å²) in [5.74, 6) is 0. The summed E-state index contributed by atoms with van der Waals surface area (Å²) in [5, 5.41) is 0. The van der Waals surface area contributed by atoms with Crippen LogP contribution in [0.3, 0.4) is 0 Å². The van der Waals surface area contributed by atoms with E-state index in [4.69, 9.17) is 5.73 Å². The van der Waals surface area contributed by atoms with Gasteiger partial charge in [0.15, 0.2) is 0 Å². The molecule has 0 atom stereocenters. The first kappa shape index (κ1) is 8.88. The number of rotatable bonds is 0. The minimum Gasteiger partial charge on any atom is -0.678 e. The molecule has 0 fully saturated rings. The van der Waals surface area contributed by atoms with Crippen LogP contribution in [0.25, 0.3) is 5.73 Å². The molecule has 1 N–H and O–H groups in total. The van der Waals surface area contributed by atoms with E-state index in [1.807, 2.05) is 0 Å². The first-order valence-electron chi connectivity index (χ1n) is 1.06. The quantitative estimate of drug-likeness (QED) is 0.294. The van der Waals surface area contributed by atoms with Gasteiger partial charge in [-0.25, -0.2) is 0 Å². The van der Waals surface area contributed by atoms with Gasteiger partial charge in [-0.05, 0) is 0 Å². The predicted octanol–water partition coefficient (Wildman–Crippen LogP) is -1.94. The van der Waals surface area contributed by atoms with Gasteiger partial charge in [0, 0.05) is 0 Å². The Morgan fingerprint density at radius 3 is 1.75 bits per heavy atom. The second kappa shape index (κ2) is 9.03. The summed E-state index contributed by atoms with van der Waals surface area (Å²) in [5.41, 5.74) is 6.21. The maximum absolute atomic E-state index is 6.21. The molecule has 0 aliphatic rings. The van der Waals surface area contributed by atoms with E-state index in [0.717, 1.165) is 0 Å². The van der Waals surface area contributed by atoms with Gasteiger partial charge in [0.25, 0.3) is 0 Å². The third kappa shape index (κ3) is 12.3. The molecule has 0 aliphatic carbocycles. The fourth-order valence-corrected chi connectivity index (χ4v) is 0. The summed E-state index contributed by atoms with van der Waals surface area (Å²) in [6.07, 6.45) is 0. The third-order valence-corrected chi connectivity index (χ3v) is 0. The van der Waals surface area contributed by atoms with Gasteiger partial charge in [-0.15, -0.1) is 0 Å². The van der Waals surface area contributed by atoms with Crippen LogP contribution in [-0.4, -0.2) is 6.54 Å². The van der Waals surface area contributed by atoms with E-state index < -0.39 is 0 Å². The van der Waals surface area contributed by atoms with Gasteiger partial charge < -0.3 is 5.73 Å². The maximum atomic E-state index is 6.21. The zero-order chi connectivity index (χ0) is 2.71. The summed E-state index contributed by atoms with van der Waals surface area (Å²) < 4.78 is 0. The Kier molecular flexibility index (Phi) is 20.0. The van der Waals surface area contributed by atoms with Crippen LogP contribution in [-0.2, 0) is 0 Å². The van der Waals surface area contributed by atoms with Gasteiger partial charge in [0.1, 0.15) is 0 Å². The normalized spacial score (nSPS) is 4.50. The molecule has 0 saturated heterocycles. The molecule has 20 valence electrons. The van der Waals surface area contributed by atoms with Crippen molar-refractivity contribution in [1.82, 2.24) is 0 Å². The molecule has 0 rings (SSSR count). The monoisotopic (exact) mass is 67.0 g/mol. The Morgan fingerprint density at radius 2 is 1.75 bits per heavy atom. The molecule has 0 aromatic carbocycles. The molecule has 0 heterocycles. The predicted molar refractivity (Wildman–Crippen MR) is 14.9 cm³/mol. The molecule has 0 bridgehead atoms. The molecule has 4 heavy (non-hydrogen) atoms. The molecule has 0 aromatic heterocycles. The molecule has 0 amide bonds. The zero-order valence-electron chi connectivity index (χ0n) is 3.21. The topological polar surface area (TPSA) is 23.8 Å². The second-order valence-electron chi connectivity index (χ2n) is 0.354. The summed E-state index contributed by atoms with van der Waals surface area (Å²) in [7, 11) is 0. The van der Waals surface area contributed by atoms with Crippen LogP contribution < -0.4 is 29.6 Å². The average Bonchev–Trinajstić information content (AvgIpc) is 0.918.